The van der Waals surface area contributed by atoms with Crippen LogP contribution in [-0.4, -0.2) is 40.3 Å². The van der Waals surface area contributed by atoms with Crippen LogP contribution in [-0.2, 0) is 9.53 Å². The molecule has 0 aliphatic rings. The Hall–Kier alpha value is -3.52. The number of para-hydroxylation sites is 1. The molecule has 8 heteroatoms. The average Bonchev–Trinajstić information content (AvgIpc) is 3.19. The highest BCUT2D eigenvalue weighted by molar-refractivity contribution is 6.07. The van der Waals surface area contributed by atoms with Gasteiger partial charge in [-0.3, -0.25) is 9.59 Å². The molecule has 138 valence electrons. The number of anilines is 2. The summed E-state index contributed by atoms with van der Waals surface area (Å²) in [5.41, 5.74) is 3.21. The molecule has 0 aliphatic carbocycles. The first-order valence-electron chi connectivity index (χ1n) is 8.23. The Balaban J connectivity index is 1.77. The summed E-state index contributed by atoms with van der Waals surface area (Å²) in [7, 11) is 1.46. The largest absolute Gasteiger partial charge is 0.375 e. The van der Waals surface area contributed by atoms with Crippen molar-refractivity contribution < 1.29 is 14.3 Å². The molecule has 2 aromatic carbocycles. The Labute approximate surface area is 156 Å². The van der Waals surface area contributed by atoms with E-state index in [1.54, 1.807) is 36.4 Å². The minimum atomic E-state index is -0.267. The number of hydrogen-bond acceptors (Lipinski definition) is 5. The third-order valence-electron chi connectivity index (χ3n) is 3.85. The molecule has 0 atom stereocenters. The lowest BCUT2D eigenvalue weighted by Crippen LogP contribution is -2.18. The summed E-state index contributed by atoms with van der Waals surface area (Å²) in [5.74, 6) is -0.504. The van der Waals surface area contributed by atoms with Crippen LogP contribution < -0.4 is 10.6 Å². The molecule has 2 N–H and O–H groups in total. The number of nitrogens with one attached hydrogen (secondary N) is 2. The predicted octanol–water partition coefficient (Wildman–Crippen LogP) is 2.41. The summed E-state index contributed by atoms with van der Waals surface area (Å²) < 4.78 is 6.34. The molecule has 2 amide bonds. The lowest BCUT2D eigenvalue weighted by Gasteiger charge is -2.12. The monoisotopic (exact) mass is 365 g/mol. The van der Waals surface area contributed by atoms with E-state index < -0.39 is 0 Å². The van der Waals surface area contributed by atoms with Gasteiger partial charge in [0.15, 0.2) is 0 Å². The van der Waals surface area contributed by atoms with Gasteiger partial charge in [0.05, 0.1) is 11.3 Å². The molecule has 0 aliphatic heterocycles. The molecular formula is C19H19N5O3. The van der Waals surface area contributed by atoms with Crippen molar-refractivity contribution in [2.45, 2.75) is 6.92 Å². The van der Waals surface area contributed by atoms with E-state index in [9.17, 15) is 9.59 Å². The summed E-state index contributed by atoms with van der Waals surface area (Å²) >= 11 is 0. The minimum Gasteiger partial charge on any atom is -0.375 e. The third kappa shape index (κ3) is 4.36. The second-order valence-electron chi connectivity index (χ2n) is 5.82. The van der Waals surface area contributed by atoms with Crippen molar-refractivity contribution in [3.8, 4) is 5.69 Å². The number of hydrogen-bond donors (Lipinski definition) is 2. The van der Waals surface area contributed by atoms with E-state index in [0.29, 0.717) is 22.6 Å². The van der Waals surface area contributed by atoms with Crippen LogP contribution >= 0.6 is 0 Å². The molecule has 3 aromatic rings. The number of amides is 2. The predicted molar refractivity (Wildman–Crippen MR) is 101 cm³/mol. The van der Waals surface area contributed by atoms with Crippen molar-refractivity contribution in [3.05, 3.63) is 66.2 Å². The van der Waals surface area contributed by atoms with Gasteiger partial charge in [-0.25, -0.2) is 9.67 Å². The number of carbonyl (C=O) groups excluding carboxylic acids is 2. The first-order chi connectivity index (χ1) is 13.1. The molecule has 0 unspecified atom stereocenters. The van der Waals surface area contributed by atoms with E-state index in [1.165, 1.54) is 24.4 Å². The molecule has 27 heavy (non-hydrogen) atoms. The molecule has 3 rings (SSSR count). The topological polar surface area (TPSA) is 98.1 Å². The van der Waals surface area contributed by atoms with Crippen molar-refractivity contribution in [2.75, 3.05) is 24.4 Å². The lowest BCUT2D eigenvalue weighted by molar-refractivity contribution is -0.119. The van der Waals surface area contributed by atoms with Crippen LogP contribution in [0.4, 0.5) is 11.4 Å². The molecule has 0 bridgehead atoms. The molecule has 0 radical (unpaired) electrons. The molecular weight excluding hydrogens is 346 g/mol. The van der Waals surface area contributed by atoms with Gasteiger partial charge >= 0.3 is 0 Å². The van der Waals surface area contributed by atoms with Gasteiger partial charge in [0.25, 0.3) is 5.91 Å². The fraction of sp³-hybridized carbons (Fsp3) is 0.158. The van der Waals surface area contributed by atoms with Gasteiger partial charge in [-0.15, -0.1) is 0 Å². The first kappa shape index (κ1) is 18.3. The number of carbonyl (C=O) groups is 2. The molecule has 0 spiro atoms. The van der Waals surface area contributed by atoms with Crippen LogP contribution in [0.15, 0.2) is 55.1 Å². The third-order valence-corrected chi connectivity index (χ3v) is 3.85. The maximum Gasteiger partial charge on any atom is 0.257 e. The minimum absolute atomic E-state index is 0.0169. The van der Waals surface area contributed by atoms with Gasteiger partial charge in [-0.2, -0.15) is 5.10 Å². The van der Waals surface area contributed by atoms with Gasteiger partial charge in [0.2, 0.25) is 5.91 Å². The fourth-order valence-corrected chi connectivity index (χ4v) is 2.60. The Morgan fingerprint density at radius 1 is 1.15 bits per heavy atom. The first-order valence-corrected chi connectivity index (χ1v) is 8.23. The van der Waals surface area contributed by atoms with E-state index in [4.69, 9.17) is 4.74 Å². The van der Waals surface area contributed by atoms with Crippen molar-refractivity contribution in [3.63, 3.8) is 0 Å². The number of benzene rings is 2. The van der Waals surface area contributed by atoms with Crippen LogP contribution in [0.5, 0.6) is 0 Å². The number of aromatic nitrogens is 3. The van der Waals surface area contributed by atoms with E-state index in [2.05, 4.69) is 20.7 Å². The number of nitrogens with zero attached hydrogens (tertiary/aromatic N) is 3. The number of ether oxygens (including phenoxy) is 1. The highest BCUT2D eigenvalue weighted by Gasteiger charge is 2.14. The van der Waals surface area contributed by atoms with Crippen molar-refractivity contribution >= 4 is 23.2 Å². The fourth-order valence-electron chi connectivity index (χ4n) is 2.60. The Morgan fingerprint density at radius 3 is 2.67 bits per heavy atom. The van der Waals surface area contributed by atoms with Crippen molar-refractivity contribution in [1.82, 2.24) is 14.8 Å². The Kier molecular flexibility index (Phi) is 5.58. The van der Waals surface area contributed by atoms with Gasteiger partial charge in [-0.05, 0) is 42.8 Å². The van der Waals surface area contributed by atoms with Crippen LogP contribution in [0.25, 0.3) is 5.69 Å². The molecule has 1 aromatic heterocycles. The van der Waals surface area contributed by atoms with Crippen molar-refractivity contribution in [2.24, 2.45) is 0 Å². The highest BCUT2D eigenvalue weighted by Crippen LogP contribution is 2.21. The number of rotatable bonds is 6. The summed E-state index contributed by atoms with van der Waals surface area (Å²) in [6.45, 7) is 1.83. The SMILES string of the molecule is COCC(=O)Nc1ccc(NC(=O)c2ccccc2-n2cncn2)cc1C. The smallest absolute Gasteiger partial charge is 0.257 e. The van der Waals surface area contributed by atoms with E-state index >= 15 is 0 Å². The second kappa shape index (κ2) is 8.24. The van der Waals surface area contributed by atoms with Crippen LogP contribution in [0, 0.1) is 6.92 Å². The zero-order valence-electron chi connectivity index (χ0n) is 15.0. The van der Waals surface area contributed by atoms with E-state index in [1.807, 2.05) is 13.0 Å². The second-order valence-corrected chi connectivity index (χ2v) is 5.82. The quantitative estimate of drug-likeness (QED) is 0.699. The number of aryl methyl sites for hydroxylation is 1. The van der Waals surface area contributed by atoms with Gasteiger partial charge in [-0.1, -0.05) is 12.1 Å². The lowest BCUT2D eigenvalue weighted by atomic mass is 10.1. The standard InChI is InChI=1S/C19H19N5O3/c1-13-9-14(7-8-16(13)23-18(25)10-27-2)22-19(26)15-5-3-4-6-17(15)24-12-20-11-21-24/h3-9,11-12H,10H2,1-2H3,(H,22,26)(H,23,25). The average molecular weight is 365 g/mol. The zero-order chi connectivity index (χ0) is 19.2. The van der Waals surface area contributed by atoms with Crippen LogP contribution in [0.3, 0.4) is 0 Å². The molecule has 1 heterocycles. The van der Waals surface area contributed by atoms with Gasteiger partial charge in [0, 0.05) is 18.5 Å². The summed E-state index contributed by atoms with van der Waals surface area (Å²) in [5, 5.41) is 9.71. The van der Waals surface area contributed by atoms with E-state index in [0.717, 1.165) is 5.56 Å². The normalized spacial score (nSPS) is 10.4. The number of methoxy groups -OCH3 is 1. The van der Waals surface area contributed by atoms with Gasteiger partial charge < -0.3 is 15.4 Å². The van der Waals surface area contributed by atoms with Crippen LogP contribution in [0.1, 0.15) is 15.9 Å². The zero-order valence-corrected chi connectivity index (χ0v) is 15.0. The maximum atomic E-state index is 12.7. The van der Waals surface area contributed by atoms with Crippen molar-refractivity contribution in [1.29, 1.82) is 0 Å². The summed E-state index contributed by atoms with van der Waals surface area (Å²) in [4.78, 5) is 28.3. The Bertz CT molecular complexity index is 954. The highest BCUT2D eigenvalue weighted by atomic mass is 16.5. The van der Waals surface area contributed by atoms with Gasteiger partial charge in [0.1, 0.15) is 19.3 Å². The summed E-state index contributed by atoms with van der Waals surface area (Å²) in [6, 6.07) is 12.4. The van der Waals surface area contributed by atoms with E-state index in [-0.39, 0.29) is 18.4 Å². The molecule has 0 saturated carbocycles. The molecule has 8 nitrogen and oxygen atoms in total. The maximum absolute atomic E-state index is 12.7. The summed E-state index contributed by atoms with van der Waals surface area (Å²) in [6.07, 6.45) is 2.95. The Morgan fingerprint density at radius 2 is 1.96 bits per heavy atom. The molecule has 0 saturated heterocycles. The molecule has 0 fully saturated rings. The van der Waals surface area contributed by atoms with Crippen LogP contribution in [0.2, 0.25) is 0 Å².